The van der Waals surface area contributed by atoms with E-state index < -0.39 is 0 Å². The van der Waals surface area contributed by atoms with Crippen LogP contribution in [-0.4, -0.2) is 16.0 Å². The zero-order valence-corrected chi connectivity index (χ0v) is 9.46. The molecule has 2 aromatic rings. The number of hydrogen-bond donors (Lipinski definition) is 2. The van der Waals surface area contributed by atoms with Crippen LogP contribution in [-0.2, 0) is 0 Å². The van der Waals surface area contributed by atoms with Crippen molar-refractivity contribution in [3.63, 3.8) is 0 Å². The first-order chi connectivity index (χ1) is 8.22. The number of aromatic hydroxyl groups is 1. The molecule has 0 aliphatic rings. The lowest BCUT2D eigenvalue weighted by molar-refractivity contribution is 0.319. The Labute approximate surface area is 99.7 Å². The van der Waals surface area contributed by atoms with E-state index in [0.29, 0.717) is 11.3 Å². The highest BCUT2D eigenvalue weighted by Gasteiger charge is 2.11. The molecule has 0 unspecified atom stereocenters. The van der Waals surface area contributed by atoms with Gasteiger partial charge in [0.15, 0.2) is 0 Å². The molecule has 86 valence electrons. The fourth-order valence-electron chi connectivity index (χ4n) is 1.71. The van der Waals surface area contributed by atoms with Crippen molar-refractivity contribution in [3.05, 3.63) is 65.2 Å². The van der Waals surface area contributed by atoms with Crippen LogP contribution in [0.1, 0.15) is 16.7 Å². The van der Waals surface area contributed by atoms with Gasteiger partial charge in [-0.3, -0.25) is 0 Å². The highest BCUT2D eigenvalue weighted by Crippen LogP contribution is 2.22. The number of aryl methyl sites for hydroxylation is 1. The second-order valence-electron chi connectivity index (χ2n) is 3.84. The zero-order chi connectivity index (χ0) is 12.3. The Hall–Kier alpha value is -2.29. The smallest absolute Gasteiger partial charge is 0.125 e. The standard InChI is InChI=1S/C14H13NO2/c1-10-7-8-12(13(16)9-10)14(15-17)11-5-3-2-4-6-11/h2-9,16-17H,1H3. The number of rotatable bonds is 2. The first kappa shape index (κ1) is 11.2. The van der Waals surface area contributed by atoms with Crippen molar-refractivity contribution in [1.82, 2.24) is 0 Å². The summed E-state index contributed by atoms with van der Waals surface area (Å²) in [5.41, 5.74) is 2.60. The second-order valence-corrected chi connectivity index (χ2v) is 3.84. The van der Waals surface area contributed by atoms with Crippen molar-refractivity contribution < 1.29 is 10.3 Å². The van der Waals surface area contributed by atoms with Gasteiger partial charge in [0.25, 0.3) is 0 Å². The summed E-state index contributed by atoms with van der Waals surface area (Å²) < 4.78 is 0. The number of oxime groups is 1. The van der Waals surface area contributed by atoms with Crippen LogP contribution >= 0.6 is 0 Å². The van der Waals surface area contributed by atoms with Gasteiger partial charge in [-0.2, -0.15) is 0 Å². The van der Waals surface area contributed by atoms with Gasteiger partial charge in [-0.1, -0.05) is 41.6 Å². The van der Waals surface area contributed by atoms with Crippen molar-refractivity contribution in [1.29, 1.82) is 0 Å². The molecule has 2 aromatic carbocycles. The Balaban J connectivity index is 2.51. The molecule has 0 radical (unpaired) electrons. The summed E-state index contributed by atoms with van der Waals surface area (Å²) in [5, 5.41) is 22.2. The lowest BCUT2D eigenvalue weighted by atomic mass is 10.0. The van der Waals surface area contributed by atoms with Crippen LogP contribution in [0.15, 0.2) is 53.7 Å². The van der Waals surface area contributed by atoms with Crippen LogP contribution in [0.25, 0.3) is 0 Å². The third-order valence-corrected chi connectivity index (χ3v) is 2.56. The summed E-state index contributed by atoms with van der Waals surface area (Å²) in [4.78, 5) is 0. The summed E-state index contributed by atoms with van der Waals surface area (Å²) in [6.07, 6.45) is 0. The average molecular weight is 227 g/mol. The molecule has 0 saturated carbocycles. The molecule has 0 saturated heterocycles. The molecule has 2 N–H and O–H groups in total. The van der Waals surface area contributed by atoms with Crippen molar-refractivity contribution in [2.24, 2.45) is 5.16 Å². The van der Waals surface area contributed by atoms with Gasteiger partial charge >= 0.3 is 0 Å². The highest BCUT2D eigenvalue weighted by molar-refractivity contribution is 6.14. The predicted octanol–water partition coefficient (Wildman–Crippen LogP) is 2.93. The molecular weight excluding hydrogens is 214 g/mol. The Kier molecular flexibility index (Phi) is 3.10. The molecule has 0 heterocycles. The van der Waals surface area contributed by atoms with Crippen molar-refractivity contribution in [2.45, 2.75) is 6.92 Å². The van der Waals surface area contributed by atoms with Crippen LogP contribution in [0.3, 0.4) is 0 Å². The van der Waals surface area contributed by atoms with E-state index in [9.17, 15) is 5.11 Å². The van der Waals surface area contributed by atoms with Crippen LogP contribution in [0.4, 0.5) is 0 Å². The Bertz CT molecular complexity index is 547. The molecule has 2 rings (SSSR count). The fourth-order valence-corrected chi connectivity index (χ4v) is 1.71. The number of phenols is 1. The van der Waals surface area contributed by atoms with Gasteiger partial charge in [0.05, 0.1) is 0 Å². The molecule has 0 bridgehead atoms. The Morgan fingerprint density at radius 3 is 2.35 bits per heavy atom. The maximum absolute atomic E-state index is 9.86. The molecule has 0 amide bonds. The Morgan fingerprint density at radius 1 is 1.06 bits per heavy atom. The molecule has 0 aliphatic carbocycles. The summed E-state index contributed by atoms with van der Waals surface area (Å²) in [7, 11) is 0. The maximum Gasteiger partial charge on any atom is 0.125 e. The lowest BCUT2D eigenvalue weighted by Crippen LogP contribution is -2.03. The van der Waals surface area contributed by atoms with Gasteiger partial charge in [0.1, 0.15) is 11.5 Å². The van der Waals surface area contributed by atoms with E-state index in [1.165, 1.54) is 0 Å². The van der Waals surface area contributed by atoms with Crippen LogP contribution in [0, 0.1) is 6.92 Å². The third-order valence-electron chi connectivity index (χ3n) is 2.56. The molecule has 0 fully saturated rings. The maximum atomic E-state index is 9.86. The summed E-state index contributed by atoms with van der Waals surface area (Å²) in [6, 6.07) is 14.5. The highest BCUT2D eigenvalue weighted by atomic mass is 16.4. The van der Waals surface area contributed by atoms with E-state index in [4.69, 9.17) is 5.21 Å². The molecule has 0 atom stereocenters. The predicted molar refractivity (Wildman–Crippen MR) is 66.7 cm³/mol. The quantitative estimate of drug-likeness (QED) is 0.471. The molecule has 3 heteroatoms. The third kappa shape index (κ3) is 2.28. The fraction of sp³-hybridized carbons (Fsp3) is 0.0714. The largest absolute Gasteiger partial charge is 0.507 e. The normalized spacial score (nSPS) is 11.5. The van der Waals surface area contributed by atoms with Crippen LogP contribution < -0.4 is 0 Å². The van der Waals surface area contributed by atoms with Crippen molar-refractivity contribution in [2.75, 3.05) is 0 Å². The van der Waals surface area contributed by atoms with E-state index in [-0.39, 0.29) is 5.75 Å². The Morgan fingerprint density at radius 2 is 1.76 bits per heavy atom. The first-order valence-electron chi connectivity index (χ1n) is 5.30. The first-order valence-corrected chi connectivity index (χ1v) is 5.30. The van der Waals surface area contributed by atoms with Crippen LogP contribution in [0.2, 0.25) is 0 Å². The summed E-state index contributed by atoms with van der Waals surface area (Å²) in [5.74, 6) is 0.113. The van der Waals surface area contributed by atoms with E-state index >= 15 is 0 Å². The SMILES string of the molecule is Cc1ccc(C(=NO)c2ccccc2)c(O)c1. The van der Waals surface area contributed by atoms with Crippen molar-refractivity contribution in [3.8, 4) is 5.75 Å². The van der Waals surface area contributed by atoms with Crippen LogP contribution in [0.5, 0.6) is 5.75 Å². The average Bonchev–Trinajstić information content (AvgIpc) is 2.34. The lowest BCUT2D eigenvalue weighted by Gasteiger charge is -2.07. The summed E-state index contributed by atoms with van der Waals surface area (Å²) >= 11 is 0. The number of benzene rings is 2. The molecule has 0 aromatic heterocycles. The van der Waals surface area contributed by atoms with Gasteiger partial charge in [0, 0.05) is 11.1 Å². The number of hydrogen-bond acceptors (Lipinski definition) is 3. The van der Waals surface area contributed by atoms with E-state index in [1.807, 2.05) is 43.3 Å². The molecule has 17 heavy (non-hydrogen) atoms. The number of nitrogens with zero attached hydrogens (tertiary/aromatic N) is 1. The van der Waals surface area contributed by atoms with E-state index in [2.05, 4.69) is 5.16 Å². The minimum Gasteiger partial charge on any atom is -0.507 e. The monoisotopic (exact) mass is 227 g/mol. The van der Waals surface area contributed by atoms with Crippen molar-refractivity contribution >= 4 is 5.71 Å². The van der Waals surface area contributed by atoms with Gasteiger partial charge in [0.2, 0.25) is 0 Å². The molecule has 3 nitrogen and oxygen atoms in total. The van der Waals surface area contributed by atoms with E-state index in [0.717, 1.165) is 11.1 Å². The molecule has 0 spiro atoms. The summed E-state index contributed by atoms with van der Waals surface area (Å²) in [6.45, 7) is 1.89. The van der Waals surface area contributed by atoms with E-state index in [1.54, 1.807) is 12.1 Å². The minimum atomic E-state index is 0.113. The van der Waals surface area contributed by atoms with Gasteiger partial charge in [-0.25, -0.2) is 0 Å². The number of phenolic OH excluding ortho intramolecular Hbond substituents is 1. The second kappa shape index (κ2) is 4.70. The van der Waals surface area contributed by atoms with Gasteiger partial charge in [-0.15, -0.1) is 0 Å². The molecule has 0 aliphatic heterocycles. The minimum absolute atomic E-state index is 0.113. The van der Waals surface area contributed by atoms with Gasteiger partial charge < -0.3 is 10.3 Å². The molecular formula is C14H13NO2. The zero-order valence-electron chi connectivity index (χ0n) is 9.46. The van der Waals surface area contributed by atoms with Gasteiger partial charge in [-0.05, 0) is 24.6 Å². The topological polar surface area (TPSA) is 52.8 Å².